The van der Waals surface area contributed by atoms with E-state index in [1.807, 2.05) is 0 Å². The summed E-state index contributed by atoms with van der Waals surface area (Å²) in [6.07, 6.45) is 35.6. The highest BCUT2D eigenvalue weighted by Gasteiger charge is 2.28. The van der Waals surface area contributed by atoms with E-state index in [0.717, 1.165) is 57.8 Å². The van der Waals surface area contributed by atoms with Gasteiger partial charge < -0.3 is 25.2 Å². The number of rotatable bonds is 40. The molecule has 3 atom stereocenters. The molecule has 12 heteroatoms. The average Bonchev–Trinajstić information content (AvgIpc) is 3.13. The van der Waals surface area contributed by atoms with Crippen LogP contribution in [0.1, 0.15) is 200 Å². The van der Waals surface area contributed by atoms with Crippen LogP contribution in [-0.4, -0.2) is 59.9 Å². The normalized spacial score (nSPS) is 13.9. The molecule has 0 bridgehead atoms. The minimum absolute atomic E-state index is 0.155. The van der Waals surface area contributed by atoms with Crippen molar-refractivity contribution in [3.8, 4) is 0 Å². The Balaban J connectivity index is 4.37. The molecule has 312 valence electrons. The van der Waals surface area contributed by atoms with Crippen LogP contribution in [0.4, 0.5) is 0 Å². The van der Waals surface area contributed by atoms with Gasteiger partial charge in [0.15, 0.2) is 6.10 Å². The van der Waals surface area contributed by atoms with E-state index in [1.54, 1.807) is 0 Å². The number of aliphatic carboxylic acids is 1. The van der Waals surface area contributed by atoms with Gasteiger partial charge in [-0.25, -0.2) is 4.57 Å². The Hall–Kier alpha value is -1.78. The molecule has 0 spiro atoms. The van der Waals surface area contributed by atoms with Crippen molar-refractivity contribution in [2.75, 3.05) is 19.8 Å². The molecule has 0 saturated carbocycles. The minimum Gasteiger partial charge on any atom is -0.480 e. The van der Waals surface area contributed by atoms with Gasteiger partial charge in [0.1, 0.15) is 12.6 Å². The molecule has 1 unspecified atom stereocenters. The highest BCUT2D eigenvalue weighted by atomic mass is 31.2. The summed E-state index contributed by atoms with van der Waals surface area (Å²) in [5.41, 5.74) is 5.33. The van der Waals surface area contributed by atoms with Crippen LogP contribution in [0.3, 0.4) is 0 Å². The van der Waals surface area contributed by atoms with Crippen LogP contribution in [0.2, 0.25) is 0 Å². The standard InChI is InChI=1S/C41H78NO10P/c1-3-5-7-9-11-13-15-17-19-21-23-25-27-29-31-33-40(44)52-37(35-50-53(47,48)51-36-38(42)41(45)46)34-49-39(43)32-30-28-26-24-22-20-18-16-14-12-10-8-6-4-2/h17,19,37-38H,3-16,18,20-36,42H2,1-2H3,(H,45,46)(H,47,48)/b19-17-/t37-,38+/m1/s1. The number of hydrogen-bond acceptors (Lipinski definition) is 9. The van der Waals surface area contributed by atoms with Gasteiger partial charge in [-0.15, -0.1) is 0 Å². The van der Waals surface area contributed by atoms with Crippen LogP contribution in [-0.2, 0) is 37.5 Å². The lowest BCUT2D eigenvalue weighted by molar-refractivity contribution is -0.161. The van der Waals surface area contributed by atoms with Crippen molar-refractivity contribution in [2.24, 2.45) is 5.73 Å². The number of carboxylic acid groups (broad SMARTS) is 1. The highest BCUT2D eigenvalue weighted by Crippen LogP contribution is 2.43. The van der Waals surface area contributed by atoms with Gasteiger partial charge in [0, 0.05) is 12.8 Å². The van der Waals surface area contributed by atoms with Crippen molar-refractivity contribution < 1.29 is 47.5 Å². The quantitative estimate of drug-likeness (QED) is 0.0234. The lowest BCUT2D eigenvalue weighted by atomic mass is 10.0. The first kappa shape index (κ1) is 51.2. The first-order chi connectivity index (χ1) is 25.6. The Morgan fingerprint density at radius 1 is 0.566 bits per heavy atom. The molecule has 0 aromatic heterocycles. The number of carbonyl (C=O) groups is 3. The molecule has 0 heterocycles. The van der Waals surface area contributed by atoms with E-state index < -0.39 is 51.1 Å². The Morgan fingerprint density at radius 3 is 1.38 bits per heavy atom. The van der Waals surface area contributed by atoms with Gasteiger partial charge in [0.25, 0.3) is 0 Å². The van der Waals surface area contributed by atoms with Crippen molar-refractivity contribution in [2.45, 2.75) is 212 Å². The second-order valence-electron chi connectivity index (χ2n) is 14.5. The Morgan fingerprint density at radius 2 is 0.943 bits per heavy atom. The maximum Gasteiger partial charge on any atom is 0.472 e. The summed E-state index contributed by atoms with van der Waals surface area (Å²) in [5, 5.41) is 8.87. The summed E-state index contributed by atoms with van der Waals surface area (Å²) in [5.74, 6) is -2.38. The molecule has 0 radical (unpaired) electrons. The fourth-order valence-corrected chi connectivity index (χ4v) is 6.66. The molecular weight excluding hydrogens is 697 g/mol. The topological polar surface area (TPSA) is 172 Å². The van der Waals surface area contributed by atoms with Crippen molar-refractivity contribution in [3.05, 3.63) is 12.2 Å². The highest BCUT2D eigenvalue weighted by molar-refractivity contribution is 7.47. The number of hydrogen-bond donors (Lipinski definition) is 3. The zero-order chi connectivity index (χ0) is 39.3. The van der Waals surface area contributed by atoms with Crippen LogP contribution in [0.25, 0.3) is 0 Å². The van der Waals surface area contributed by atoms with Gasteiger partial charge >= 0.3 is 25.7 Å². The second-order valence-corrected chi connectivity index (χ2v) is 15.9. The summed E-state index contributed by atoms with van der Waals surface area (Å²) >= 11 is 0. The molecule has 0 amide bonds. The number of nitrogens with two attached hydrogens (primary N) is 1. The van der Waals surface area contributed by atoms with Crippen molar-refractivity contribution >= 4 is 25.7 Å². The van der Waals surface area contributed by atoms with Crippen LogP contribution in [0.5, 0.6) is 0 Å². The number of phosphoric ester groups is 1. The van der Waals surface area contributed by atoms with E-state index in [1.165, 1.54) is 103 Å². The monoisotopic (exact) mass is 776 g/mol. The van der Waals surface area contributed by atoms with Crippen LogP contribution < -0.4 is 5.73 Å². The molecule has 0 rings (SSSR count). The minimum atomic E-state index is -4.71. The molecule has 11 nitrogen and oxygen atoms in total. The third kappa shape index (κ3) is 36.9. The number of phosphoric acid groups is 1. The number of allylic oxidation sites excluding steroid dienone is 2. The van der Waals surface area contributed by atoms with Gasteiger partial charge in [-0.3, -0.25) is 23.4 Å². The maximum absolute atomic E-state index is 12.6. The number of ether oxygens (including phenoxy) is 2. The van der Waals surface area contributed by atoms with E-state index in [9.17, 15) is 23.8 Å². The predicted octanol–water partition coefficient (Wildman–Crippen LogP) is 10.9. The molecular formula is C41H78NO10P. The lowest BCUT2D eigenvalue weighted by Gasteiger charge is -2.20. The van der Waals surface area contributed by atoms with E-state index in [4.69, 9.17) is 24.8 Å². The predicted molar refractivity (Wildman–Crippen MR) is 213 cm³/mol. The maximum atomic E-state index is 12.6. The molecule has 0 aliphatic heterocycles. The van der Waals surface area contributed by atoms with E-state index in [-0.39, 0.29) is 19.4 Å². The Labute approximate surface area is 322 Å². The van der Waals surface area contributed by atoms with E-state index >= 15 is 0 Å². The van der Waals surface area contributed by atoms with Gasteiger partial charge in [-0.2, -0.15) is 0 Å². The number of carboxylic acids is 1. The third-order valence-electron chi connectivity index (χ3n) is 9.26. The number of esters is 2. The molecule has 0 fully saturated rings. The molecule has 0 aliphatic rings. The molecule has 0 aliphatic carbocycles. The first-order valence-electron chi connectivity index (χ1n) is 21.2. The third-order valence-corrected chi connectivity index (χ3v) is 10.2. The zero-order valence-electron chi connectivity index (χ0n) is 33.6. The van der Waals surface area contributed by atoms with Crippen LogP contribution in [0, 0.1) is 0 Å². The molecule has 0 aromatic rings. The van der Waals surface area contributed by atoms with Gasteiger partial charge in [-0.1, -0.05) is 161 Å². The van der Waals surface area contributed by atoms with Gasteiger partial charge in [-0.05, 0) is 38.5 Å². The summed E-state index contributed by atoms with van der Waals surface area (Å²) in [6, 6.07) is -1.52. The number of carbonyl (C=O) groups excluding carboxylic acids is 2. The van der Waals surface area contributed by atoms with Crippen molar-refractivity contribution in [1.82, 2.24) is 0 Å². The summed E-state index contributed by atoms with van der Waals surface area (Å²) in [4.78, 5) is 45.9. The molecule has 0 saturated heterocycles. The smallest absolute Gasteiger partial charge is 0.472 e. The summed E-state index contributed by atoms with van der Waals surface area (Å²) in [7, 11) is -4.71. The van der Waals surface area contributed by atoms with Crippen molar-refractivity contribution in [3.63, 3.8) is 0 Å². The lowest BCUT2D eigenvalue weighted by Crippen LogP contribution is -2.34. The fourth-order valence-electron chi connectivity index (χ4n) is 5.88. The molecule has 0 aromatic carbocycles. The largest absolute Gasteiger partial charge is 0.480 e. The molecule has 4 N–H and O–H groups in total. The van der Waals surface area contributed by atoms with E-state index in [2.05, 4.69) is 30.5 Å². The van der Waals surface area contributed by atoms with E-state index in [0.29, 0.717) is 12.8 Å². The van der Waals surface area contributed by atoms with Gasteiger partial charge in [0.2, 0.25) is 0 Å². The summed E-state index contributed by atoms with van der Waals surface area (Å²) in [6.45, 7) is 2.80. The van der Waals surface area contributed by atoms with Crippen LogP contribution in [0.15, 0.2) is 12.2 Å². The Bertz CT molecular complexity index is 963. The summed E-state index contributed by atoms with van der Waals surface area (Å²) < 4.78 is 32.6. The van der Waals surface area contributed by atoms with Crippen LogP contribution >= 0.6 is 7.82 Å². The Kier molecular flexibility index (Phi) is 35.9. The second kappa shape index (κ2) is 37.2. The fraction of sp³-hybridized carbons (Fsp3) is 0.878. The SMILES string of the molecule is CCCCCCCC/C=C\CCCCCCCC(=O)O[C@H](COC(=O)CCCCCCCCCCCCCCCC)COP(=O)(O)OC[C@H](N)C(=O)O. The van der Waals surface area contributed by atoms with Gasteiger partial charge in [0.05, 0.1) is 13.2 Å². The number of unbranched alkanes of at least 4 members (excludes halogenated alkanes) is 24. The molecule has 53 heavy (non-hydrogen) atoms. The van der Waals surface area contributed by atoms with Crippen molar-refractivity contribution in [1.29, 1.82) is 0 Å². The average molecular weight is 776 g/mol. The zero-order valence-corrected chi connectivity index (χ0v) is 34.5. The first-order valence-corrected chi connectivity index (χ1v) is 22.7.